The molecule has 0 saturated carbocycles. The van der Waals surface area contributed by atoms with Gasteiger partial charge in [0.1, 0.15) is 0 Å². The average Bonchev–Trinajstić information content (AvgIpc) is 2.22. The lowest BCUT2D eigenvalue weighted by Gasteiger charge is -2.14. The van der Waals surface area contributed by atoms with Gasteiger partial charge >= 0.3 is 0 Å². The maximum atomic E-state index is 13.7. The van der Waals surface area contributed by atoms with E-state index in [2.05, 4.69) is 4.99 Å². The van der Waals surface area contributed by atoms with E-state index in [1.54, 1.807) is 25.2 Å². The number of alkyl halides is 1. The SMILES string of the molecule is CC1=CC2(F)C=CC=CC2=N1. The maximum Gasteiger partial charge on any atom is 0.191 e. The van der Waals surface area contributed by atoms with E-state index in [-0.39, 0.29) is 0 Å². The molecular formula is C9H8FN. The van der Waals surface area contributed by atoms with E-state index in [1.807, 2.05) is 0 Å². The van der Waals surface area contributed by atoms with Crippen LogP contribution in [-0.2, 0) is 0 Å². The zero-order valence-electron chi connectivity index (χ0n) is 6.21. The summed E-state index contributed by atoms with van der Waals surface area (Å²) in [5.74, 6) is 0. The first-order chi connectivity index (χ1) is 5.21. The third-order valence-electron chi connectivity index (χ3n) is 1.81. The van der Waals surface area contributed by atoms with Gasteiger partial charge in [-0.05, 0) is 25.2 Å². The number of hydrogen-bond acceptors (Lipinski definition) is 1. The zero-order chi connectivity index (χ0) is 7.90. The molecule has 0 radical (unpaired) electrons. The van der Waals surface area contributed by atoms with Gasteiger partial charge in [0.15, 0.2) is 5.67 Å². The van der Waals surface area contributed by atoms with E-state index >= 15 is 0 Å². The molecular weight excluding hydrogens is 141 g/mol. The molecule has 0 aromatic rings. The Morgan fingerprint density at radius 2 is 2.27 bits per heavy atom. The molecule has 0 aromatic heterocycles. The molecule has 0 N–H and O–H groups in total. The zero-order valence-corrected chi connectivity index (χ0v) is 6.21. The second-order valence-electron chi connectivity index (χ2n) is 2.77. The van der Waals surface area contributed by atoms with Crippen molar-refractivity contribution in [2.75, 3.05) is 0 Å². The van der Waals surface area contributed by atoms with Gasteiger partial charge in [0.25, 0.3) is 0 Å². The van der Waals surface area contributed by atoms with Crippen LogP contribution in [0.1, 0.15) is 6.92 Å². The molecule has 1 heterocycles. The first-order valence-corrected chi connectivity index (χ1v) is 3.54. The quantitative estimate of drug-likeness (QED) is 0.500. The summed E-state index contributed by atoms with van der Waals surface area (Å²) in [7, 11) is 0. The molecule has 11 heavy (non-hydrogen) atoms. The van der Waals surface area contributed by atoms with Crippen molar-refractivity contribution < 1.29 is 4.39 Å². The van der Waals surface area contributed by atoms with Crippen molar-refractivity contribution in [2.24, 2.45) is 4.99 Å². The number of nitrogens with zero attached hydrogens (tertiary/aromatic N) is 1. The van der Waals surface area contributed by atoms with E-state index < -0.39 is 5.67 Å². The van der Waals surface area contributed by atoms with Gasteiger partial charge in [0, 0.05) is 5.70 Å². The van der Waals surface area contributed by atoms with Gasteiger partial charge < -0.3 is 0 Å². The molecule has 2 heteroatoms. The summed E-state index contributed by atoms with van der Waals surface area (Å²) < 4.78 is 13.7. The number of aliphatic imine (C=N–C) groups is 1. The molecule has 2 rings (SSSR count). The lowest BCUT2D eigenvalue weighted by atomic mass is 9.96. The smallest absolute Gasteiger partial charge is 0.191 e. The molecule has 1 atom stereocenters. The van der Waals surface area contributed by atoms with Crippen LogP contribution in [-0.4, -0.2) is 11.4 Å². The van der Waals surface area contributed by atoms with Gasteiger partial charge in [-0.2, -0.15) is 0 Å². The van der Waals surface area contributed by atoms with Crippen LogP contribution in [0.5, 0.6) is 0 Å². The van der Waals surface area contributed by atoms with E-state index in [0.717, 1.165) is 5.70 Å². The Bertz CT molecular complexity index is 310. The number of fused-ring (bicyclic) bond motifs is 1. The molecule has 2 aliphatic rings. The Morgan fingerprint density at radius 3 is 3.00 bits per heavy atom. The molecule has 0 spiro atoms. The van der Waals surface area contributed by atoms with Crippen molar-refractivity contribution in [2.45, 2.75) is 12.6 Å². The summed E-state index contributed by atoms with van der Waals surface area (Å²) >= 11 is 0. The Labute approximate surface area is 64.6 Å². The Kier molecular flexibility index (Phi) is 1.13. The van der Waals surface area contributed by atoms with Gasteiger partial charge in [-0.1, -0.05) is 12.2 Å². The monoisotopic (exact) mass is 149 g/mol. The van der Waals surface area contributed by atoms with Crippen molar-refractivity contribution in [3.8, 4) is 0 Å². The molecule has 0 amide bonds. The lowest BCUT2D eigenvalue weighted by Crippen LogP contribution is -2.26. The predicted molar refractivity (Wildman–Crippen MR) is 43.3 cm³/mol. The van der Waals surface area contributed by atoms with Crippen molar-refractivity contribution >= 4 is 5.71 Å². The number of hydrogen-bond donors (Lipinski definition) is 0. The summed E-state index contributed by atoms with van der Waals surface area (Å²) in [5.41, 5.74) is -0.171. The Morgan fingerprint density at radius 1 is 1.45 bits per heavy atom. The van der Waals surface area contributed by atoms with Crippen molar-refractivity contribution in [1.29, 1.82) is 0 Å². The second kappa shape index (κ2) is 1.91. The summed E-state index contributed by atoms with van der Waals surface area (Å²) in [6.45, 7) is 1.80. The highest BCUT2D eigenvalue weighted by Crippen LogP contribution is 2.29. The molecule has 0 aromatic carbocycles. The first kappa shape index (κ1) is 6.53. The summed E-state index contributed by atoms with van der Waals surface area (Å²) in [5, 5.41) is 0. The van der Waals surface area contributed by atoms with Gasteiger partial charge in [-0.3, -0.25) is 4.99 Å². The van der Waals surface area contributed by atoms with Gasteiger partial charge in [-0.25, -0.2) is 4.39 Å². The van der Waals surface area contributed by atoms with Crippen molar-refractivity contribution in [3.63, 3.8) is 0 Å². The first-order valence-electron chi connectivity index (χ1n) is 3.54. The molecule has 0 saturated heterocycles. The number of allylic oxidation sites excluding steroid dienone is 6. The Balaban J connectivity index is 2.52. The van der Waals surface area contributed by atoms with Gasteiger partial charge in [0.05, 0.1) is 5.71 Å². The highest BCUT2D eigenvalue weighted by Gasteiger charge is 2.34. The van der Waals surface area contributed by atoms with Crippen molar-refractivity contribution in [3.05, 3.63) is 36.1 Å². The van der Waals surface area contributed by atoms with Crippen LogP contribution >= 0.6 is 0 Å². The molecule has 1 unspecified atom stereocenters. The minimum atomic E-state index is -1.42. The van der Waals surface area contributed by atoms with Gasteiger partial charge in [-0.15, -0.1) is 0 Å². The lowest BCUT2D eigenvalue weighted by molar-refractivity contribution is 0.399. The fourth-order valence-electron chi connectivity index (χ4n) is 1.33. The molecule has 0 fully saturated rings. The van der Waals surface area contributed by atoms with Crippen LogP contribution in [0.25, 0.3) is 0 Å². The third kappa shape index (κ3) is 0.862. The minimum Gasteiger partial charge on any atom is -0.254 e. The third-order valence-corrected chi connectivity index (χ3v) is 1.81. The molecule has 0 bridgehead atoms. The average molecular weight is 149 g/mol. The largest absolute Gasteiger partial charge is 0.254 e. The van der Waals surface area contributed by atoms with Crippen LogP contribution in [0.4, 0.5) is 4.39 Å². The van der Waals surface area contributed by atoms with Crippen LogP contribution < -0.4 is 0 Å². The highest BCUT2D eigenvalue weighted by molar-refractivity contribution is 6.08. The van der Waals surface area contributed by atoms with Crippen molar-refractivity contribution in [1.82, 2.24) is 0 Å². The molecule has 1 nitrogen and oxygen atoms in total. The fourth-order valence-corrected chi connectivity index (χ4v) is 1.33. The van der Waals surface area contributed by atoms with E-state index in [9.17, 15) is 4.39 Å². The van der Waals surface area contributed by atoms with Crippen LogP contribution in [0, 0.1) is 0 Å². The second-order valence-corrected chi connectivity index (χ2v) is 2.77. The van der Waals surface area contributed by atoms with E-state index in [0.29, 0.717) is 5.71 Å². The normalized spacial score (nSPS) is 33.3. The number of rotatable bonds is 0. The summed E-state index contributed by atoms with van der Waals surface area (Å²) in [6.07, 6.45) is 8.24. The molecule has 1 aliphatic carbocycles. The molecule has 1 aliphatic heterocycles. The van der Waals surface area contributed by atoms with Crippen LogP contribution in [0.3, 0.4) is 0 Å². The maximum absolute atomic E-state index is 13.7. The summed E-state index contributed by atoms with van der Waals surface area (Å²) in [6, 6.07) is 0. The van der Waals surface area contributed by atoms with Gasteiger partial charge in [0.2, 0.25) is 0 Å². The predicted octanol–water partition coefficient (Wildman–Crippen LogP) is 2.18. The highest BCUT2D eigenvalue weighted by atomic mass is 19.1. The number of halogens is 1. The van der Waals surface area contributed by atoms with Crippen LogP contribution in [0.15, 0.2) is 41.1 Å². The minimum absolute atomic E-state index is 0.498. The van der Waals surface area contributed by atoms with Crippen LogP contribution in [0.2, 0.25) is 0 Å². The fraction of sp³-hybridized carbons (Fsp3) is 0.222. The molecule has 56 valence electrons. The Hall–Kier alpha value is -1.18. The summed E-state index contributed by atoms with van der Waals surface area (Å²) in [4.78, 5) is 4.05. The van der Waals surface area contributed by atoms with E-state index in [4.69, 9.17) is 0 Å². The van der Waals surface area contributed by atoms with E-state index in [1.165, 1.54) is 12.2 Å². The standard InChI is InChI=1S/C9H8FN/c1-7-6-9(10)5-3-2-4-8(9)11-7/h2-6H,1H3. The topological polar surface area (TPSA) is 12.4 Å².